The van der Waals surface area contributed by atoms with Gasteiger partial charge in [0, 0.05) is 21.2 Å². The average molecular weight is 408 g/mol. The lowest BCUT2D eigenvalue weighted by atomic mass is 10.0. The van der Waals surface area contributed by atoms with Crippen LogP contribution in [0.15, 0.2) is 0 Å². The Morgan fingerprint density at radius 3 is 1.71 bits per heavy atom. The van der Waals surface area contributed by atoms with Crippen LogP contribution in [-0.2, 0) is 28.5 Å². The summed E-state index contributed by atoms with van der Waals surface area (Å²) in [6.07, 6.45) is 7.71. The molecule has 0 spiro atoms. The summed E-state index contributed by atoms with van der Waals surface area (Å²) in [7, 11) is 1.92. The number of Topliss-reactive ketones (excluding diaryl/α,β-unsaturated/α-hetero) is 1. The Labute approximate surface area is 171 Å². The van der Waals surface area contributed by atoms with Gasteiger partial charge in [0.15, 0.2) is 5.78 Å². The van der Waals surface area contributed by atoms with Crippen molar-refractivity contribution in [3.8, 4) is 0 Å². The van der Waals surface area contributed by atoms with Gasteiger partial charge in [-0.05, 0) is 33.4 Å². The fourth-order valence-corrected chi connectivity index (χ4v) is 1.88. The topological polar surface area (TPSA) is 95.1 Å². The fourth-order valence-electron chi connectivity index (χ4n) is 1.88. The zero-order valence-corrected chi connectivity index (χ0v) is 17.8. The van der Waals surface area contributed by atoms with Crippen LogP contribution < -0.4 is 10.6 Å². The number of ether oxygens (including phenoxy) is 4. The van der Waals surface area contributed by atoms with Gasteiger partial charge in [0.2, 0.25) is 5.91 Å². The first kappa shape index (κ1) is 26.9. The standard InChI is InChI=1S/C16H32N2O6.C4H8.H2/c1-15(19)13-24-14-16(20)18-6-4-8-22-10-12-23-11-9-21-7-3-5-17-2;1-2-4-3-1;/h17H,3-14H2,1-2H3,(H,18,20);1-4H2;1H/i;;1+1. The van der Waals surface area contributed by atoms with Gasteiger partial charge in [-0.2, -0.15) is 0 Å². The van der Waals surface area contributed by atoms with Gasteiger partial charge in [-0.25, -0.2) is 0 Å². The van der Waals surface area contributed by atoms with Gasteiger partial charge in [0.1, 0.15) is 13.2 Å². The van der Waals surface area contributed by atoms with Crippen LogP contribution >= 0.6 is 0 Å². The second-order valence-corrected chi connectivity index (χ2v) is 6.61. The van der Waals surface area contributed by atoms with Crippen LogP contribution in [0.2, 0.25) is 0 Å². The molecule has 0 bridgehead atoms. The molecule has 0 heterocycles. The van der Waals surface area contributed by atoms with Gasteiger partial charge < -0.3 is 29.6 Å². The van der Waals surface area contributed by atoms with Crippen molar-refractivity contribution in [2.75, 3.05) is 73.0 Å². The zero-order valence-electron chi connectivity index (χ0n) is 17.8. The Kier molecular flexibility index (Phi) is 21.4. The minimum absolute atomic E-state index is 0. The fraction of sp³-hybridized carbons (Fsp3) is 0.900. The molecule has 0 aromatic heterocycles. The van der Waals surface area contributed by atoms with E-state index in [0.29, 0.717) is 46.0 Å². The van der Waals surface area contributed by atoms with Crippen molar-refractivity contribution in [3.63, 3.8) is 0 Å². The number of amides is 1. The molecule has 0 radical (unpaired) electrons. The quantitative estimate of drug-likeness (QED) is 0.333. The maximum Gasteiger partial charge on any atom is 0.246 e. The highest BCUT2D eigenvalue weighted by Gasteiger charge is 2.01. The molecular formula is C20H42N2O6. The predicted octanol–water partition coefficient (Wildman–Crippen LogP) is 1.56. The molecule has 2 N–H and O–H groups in total. The molecule has 1 saturated carbocycles. The Balaban J connectivity index is 0. The SMILES string of the molecule is C1CCC1.CNCCCOCCOCCOCCCNC(=O)COCC(C)=O.[2HH]. The minimum Gasteiger partial charge on any atom is -0.379 e. The monoisotopic (exact) mass is 407 g/mol. The number of hydrogen-bond donors (Lipinski definition) is 2. The molecule has 8 heteroatoms. The Morgan fingerprint density at radius 2 is 1.25 bits per heavy atom. The van der Waals surface area contributed by atoms with Gasteiger partial charge in [-0.1, -0.05) is 25.7 Å². The summed E-state index contributed by atoms with van der Waals surface area (Å²) in [5, 5.41) is 5.75. The van der Waals surface area contributed by atoms with Crippen LogP contribution in [0.3, 0.4) is 0 Å². The molecule has 0 saturated heterocycles. The maximum absolute atomic E-state index is 11.3. The molecule has 1 rings (SSSR count). The highest BCUT2D eigenvalue weighted by Crippen LogP contribution is 2.15. The number of ketones is 1. The molecule has 1 amide bonds. The molecule has 0 aliphatic heterocycles. The zero-order chi connectivity index (χ0) is 20.7. The molecule has 8 nitrogen and oxygen atoms in total. The van der Waals surface area contributed by atoms with Gasteiger partial charge >= 0.3 is 0 Å². The van der Waals surface area contributed by atoms with Crippen molar-refractivity contribution in [1.29, 1.82) is 0 Å². The smallest absolute Gasteiger partial charge is 0.246 e. The summed E-state index contributed by atoms with van der Waals surface area (Å²) < 4.78 is 21.0. The van der Waals surface area contributed by atoms with Crippen molar-refractivity contribution in [2.45, 2.75) is 45.4 Å². The van der Waals surface area contributed by atoms with Gasteiger partial charge in [-0.3, -0.25) is 9.59 Å². The minimum atomic E-state index is -0.227. The molecule has 1 fully saturated rings. The van der Waals surface area contributed by atoms with Crippen molar-refractivity contribution in [2.24, 2.45) is 0 Å². The van der Waals surface area contributed by atoms with Crippen LogP contribution in [-0.4, -0.2) is 84.7 Å². The second-order valence-electron chi connectivity index (χ2n) is 6.61. The number of nitrogens with one attached hydrogen (secondary N) is 2. The third-order valence-electron chi connectivity index (χ3n) is 3.79. The van der Waals surface area contributed by atoms with Crippen LogP contribution in [0.1, 0.15) is 46.9 Å². The number of rotatable bonds is 18. The van der Waals surface area contributed by atoms with Gasteiger partial charge in [-0.15, -0.1) is 0 Å². The number of carbonyl (C=O) groups is 2. The van der Waals surface area contributed by atoms with Gasteiger partial charge in [0.25, 0.3) is 0 Å². The highest BCUT2D eigenvalue weighted by molar-refractivity contribution is 5.79. The Bertz CT molecular complexity index is 367. The first-order chi connectivity index (χ1) is 13.7. The van der Waals surface area contributed by atoms with E-state index in [1.54, 1.807) is 0 Å². The van der Waals surface area contributed by atoms with E-state index >= 15 is 0 Å². The van der Waals surface area contributed by atoms with Crippen molar-refractivity contribution < 1.29 is 30.0 Å². The molecule has 0 unspecified atom stereocenters. The highest BCUT2D eigenvalue weighted by atomic mass is 16.5. The normalized spacial score (nSPS) is 12.6. The second kappa shape index (κ2) is 22.2. The number of carbonyl (C=O) groups excluding carboxylic acids is 2. The molecule has 0 aromatic rings. The lowest BCUT2D eigenvalue weighted by Gasteiger charge is -2.08. The molecule has 1 aliphatic rings. The lowest BCUT2D eigenvalue weighted by Crippen LogP contribution is -2.29. The van der Waals surface area contributed by atoms with Crippen molar-refractivity contribution in [3.05, 3.63) is 0 Å². The van der Waals surface area contributed by atoms with E-state index in [1.165, 1.54) is 32.6 Å². The first-order valence-corrected chi connectivity index (χ1v) is 10.4. The molecule has 0 aromatic carbocycles. The Hall–Kier alpha value is -1.06. The van der Waals surface area contributed by atoms with E-state index in [9.17, 15) is 9.59 Å². The summed E-state index contributed by atoms with van der Waals surface area (Å²) in [4.78, 5) is 21.9. The van der Waals surface area contributed by atoms with E-state index in [-0.39, 0.29) is 26.3 Å². The maximum atomic E-state index is 11.3. The summed E-state index contributed by atoms with van der Waals surface area (Å²) in [5.74, 6) is -0.326. The van der Waals surface area contributed by atoms with Crippen LogP contribution in [0.5, 0.6) is 0 Å². The summed E-state index contributed by atoms with van der Waals surface area (Å²) >= 11 is 0. The number of hydrogen-bond acceptors (Lipinski definition) is 7. The van der Waals surface area contributed by atoms with Crippen LogP contribution in [0.4, 0.5) is 0 Å². The third kappa shape index (κ3) is 23.0. The predicted molar refractivity (Wildman–Crippen MR) is 111 cm³/mol. The largest absolute Gasteiger partial charge is 0.379 e. The van der Waals surface area contributed by atoms with Gasteiger partial charge in [0.05, 0.1) is 26.4 Å². The lowest BCUT2D eigenvalue weighted by molar-refractivity contribution is -0.129. The molecule has 1 aliphatic carbocycles. The average Bonchev–Trinajstić information content (AvgIpc) is 2.60. The van der Waals surface area contributed by atoms with E-state index in [0.717, 1.165) is 19.6 Å². The summed E-state index contributed by atoms with van der Waals surface area (Å²) in [6.45, 7) is 6.29. The molecule has 0 atom stereocenters. The molecule has 28 heavy (non-hydrogen) atoms. The summed E-state index contributed by atoms with van der Waals surface area (Å²) in [5.41, 5.74) is 0. The van der Waals surface area contributed by atoms with Crippen LogP contribution in [0.25, 0.3) is 0 Å². The van der Waals surface area contributed by atoms with E-state index in [2.05, 4.69) is 10.6 Å². The van der Waals surface area contributed by atoms with E-state index in [1.807, 2.05) is 7.05 Å². The van der Waals surface area contributed by atoms with Crippen molar-refractivity contribution in [1.82, 2.24) is 10.6 Å². The van der Waals surface area contributed by atoms with E-state index < -0.39 is 0 Å². The third-order valence-corrected chi connectivity index (χ3v) is 3.79. The van der Waals surface area contributed by atoms with Crippen molar-refractivity contribution >= 4 is 11.7 Å². The Morgan fingerprint density at radius 1 is 0.750 bits per heavy atom. The molecule has 168 valence electrons. The first-order valence-electron chi connectivity index (χ1n) is 10.4. The van der Waals surface area contributed by atoms with E-state index in [4.69, 9.17) is 18.9 Å². The molecular weight excluding hydrogens is 364 g/mol. The summed E-state index contributed by atoms with van der Waals surface area (Å²) in [6, 6.07) is 0. The van der Waals surface area contributed by atoms with Crippen LogP contribution in [0, 0.1) is 0 Å².